The van der Waals surface area contributed by atoms with Crippen LogP contribution in [0.25, 0.3) is 0 Å². The summed E-state index contributed by atoms with van der Waals surface area (Å²) in [6, 6.07) is 7.06. The van der Waals surface area contributed by atoms with Crippen molar-refractivity contribution in [2.24, 2.45) is 0 Å². The summed E-state index contributed by atoms with van der Waals surface area (Å²) in [7, 11) is 3.66. The highest BCUT2D eigenvalue weighted by Crippen LogP contribution is 2.16. The van der Waals surface area contributed by atoms with Crippen LogP contribution in [0.3, 0.4) is 0 Å². The lowest BCUT2D eigenvalue weighted by Gasteiger charge is -2.11. The summed E-state index contributed by atoms with van der Waals surface area (Å²) in [4.78, 5) is 14.0. The molecule has 6 nitrogen and oxygen atoms in total. The standard InChI is InChI=1S/C12H14ClN5O/c1-18(2)12-16-10(15-11(14)17-12)7-19-9-5-3-8(13)4-6-9/h3-6H,7H2,1-2H3,(H2,14,15,16,17). The van der Waals surface area contributed by atoms with Crippen LogP contribution in [0.2, 0.25) is 5.02 Å². The molecule has 0 aliphatic rings. The Balaban J connectivity index is 2.08. The van der Waals surface area contributed by atoms with E-state index in [1.165, 1.54) is 0 Å². The predicted octanol–water partition coefficient (Wildman–Crippen LogP) is 1.75. The van der Waals surface area contributed by atoms with Gasteiger partial charge in [-0.2, -0.15) is 15.0 Å². The molecule has 2 N–H and O–H groups in total. The minimum Gasteiger partial charge on any atom is -0.486 e. The molecule has 2 rings (SSSR count). The molecule has 0 fully saturated rings. The summed E-state index contributed by atoms with van der Waals surface area (Å²) in [5.41, 5.74) is 5.62. The van der Waals surface area contributed by atoms with Crippen molar-refractivity contribution >= 4 is 23.5 Å². The van der Waals surface area contributed by atoms with Gasteiger partial charge in [0.1, 0.15) is 12.4 Å². The fourth-order valence-electron chi connectivity index (χ4n) is 1.37. The van der Waals surface area contributed by atoms with Crippen molar-refractivity contribution in [3.8, 4) is 5.75 Å². The second kappa shape index (κ2) is 5.71. The molecule has 0 unspecified atom stereocenters. The third kappa shape index (κ3) is 3.69. The van der Waals surface area contributed by atoms with Gasteiger partial charge >= 0.3 is 0 Å². The van der Waals surface area contributed by atoms with Gasteiger partial charge < -0.3 is 15.4 Å². The molecule has 1 aromatic heterocycles. The highest BCUT2D eigenvalue weighted by atomic mass is 35.5. The fraction of sp³-hybridized carbons (Fsp3) is 0.250. The smallest absolute Gasteiger partial charge is 0.230 e. The third-order valence-corrected chi connectivity index (χ3v) is 2.52. The number of rotatable bonds is 4. The van der Waals surface area contributed by atoms with Gasteiger partial charge in [-0.3, -0.25) is 0 Å². The maximum atomic E-state index is 5.79. The number of anilines is 2. The molecule has 0 aliphatic heterocycles. The van der Waals surface area contributed by atoms with E-state index in [9.17, 15) is 0 Å². The molecule has 0 aliphatic carbocycles. The maximum Gasteiger partial charge on any atom is 0.230 e. The van der Waals surface area contributed by atoms with Crippen LogP contribution in [0, 0.1) is 0 Å². The van der Waals surface area contributed by atoms with E-state index in [0.29, 0.717) is 22.5 Å². The molecule has 19 heavy (non-hydrogen) atoms. The lowest BCUT2D eigenvalue weighted by Crippen LogP contribution is -2.16. The Morgan fingerprint density at radius 3 is 2.47 bits per heavy atom. The van der Waals surface area contributed by atoms with Crippen molar-refractivity contribution in [3.63, 3.8) is 0 Å². The van der Waals surface area contributed by atoms with Crippen molar-refractivity contribution in [3.05, 3.63) is 35.1 Å². The van der Waals surface area contributed by atoms with Gasteiger partial charge in [0.2, 0.25) is 11.9 Å². The number of nitrogens with two attached hydrogens (primary N) is 1. The summed E-state index contributed by atoms with van der Waals surface area (Å²) in [5.74, 6) is 1.84. The molecule has 0 radical (unpaired) electrons. The second-order valence-electron chi connectivity index (χ2n) is 4.05. The Morgan fingerprint density at radius 1 is 1.16 bits per heavy atom. The van der Waals surface area contributed by atoms with Crippen LogP contribution in [0.15, 0.2) is 24.3 Å². The van der Waals surface area contributed by atoms with Gasteiger partial charge in [-0.05, 0) is 24.3 Å². The number of ether oxygens (including phenoxy) is 1. The fourth-order valence-corrected chi connectivity index (χ4v) is 1.49. The number of nitrogens with zero attached hydrogens (tertiary/aromatic N) is 4. The largest absolute Gasteiger partial charge is 0.486 e. The Bertz CT molecular complexity index is 559. The quantitative estimate of drug-likeness (QED) is 0.919. The average Bonchev–Trinajstić information content (AvgIpc) is 2.37. The molecule has 2 aromatic rings. The molecule has 7 heteroatoms. The van der Waals surface area contributed by atoms with Crippen LogP contribution in [-0.2, 0) is 6.61 Å². The Labute approximate surface area is 116 Å². The second-order valence-corrected chi connectivity index (χ2v) is 4.48. The minimum absolute atomic E-state index is 0.174. The van der Waals surface area contributed by atoms with Crippen LogP contribution in [0.5, 0.6) is 5.75 Å². The van der Waals surface area contributed by atoms with E-state index < -0.39 is 0 Å². The topological polar surface area (TPSA) is 77.2 Å². The molecule has 100 valence electrons. The van der Waals surface area contributed by atoms with Crippen LogP contribution in [-0.4, -0.2) is 29.0 Å². The van der Waals surface area contributed by atoms with Gasteiger partial charge in [0.15, 0.2) is 5.82 Å². The van der Waals surface area contributed by atoms with Gasteiger partial charge in [-0.1, -0.05) is 11.6 Å². The van der Waals surface area contributed by atoms with Crippen LogP contribution in [0.4, 0.5) is 11.9 Å². The lowest BCUT2D eigenvalue weighted by atomic mass is 10.3. The SMILES string of the molecule is CN(C)c1nc(N)nc(COc2ccc(Cl)cc2)n1. The summed E-state index contributed by atoms with van der Waals surface area (Å²) in [6.45, 7) is 0.217. The van der Waals surface area contributed by atoms with E-state index in [2.05, 4.69) is 15.0 Å². The zero-order valence-corrected chi connectivity index (χ0v) is 11.4. The number of hydrogen-bond donors (Lipinski definition) is 1. The van der Waals surface area contributed by atoms with Gasteiger partial charge in [0, 0.05) is 19.1 Å². The molecule has 0 atom stereocenters. The number of nitrogen functional groups attached to an aromatic ring is 1. The Hall–Kier alpha value is -2.08. The van der Waals surface area contributed by atoms with Gasteiger partial charge in [0.25, 0.3) is 0 Å². The Kier molecular flexibility index (Phi) is 4.01. The number of benzene rings is 1. The zero-order valence-electron chi connectivity index (χ0n) is 10.7. The normalized spacial score (nSPS) is 10.3. The van der Waals surface area contributed by atoms with Crippen molar-refractivity contribution in [1.29, 1.82) is 0 Å². The van der Waals surface area contributed by atoms with E-state index in [4.69, 9.17) is 22.1 Å². The van der Waals surface area contributed by atoms with E-state index in [1.54, 1.807) is 29.2 Å². The van der Waals surface area contributed by atoms with Crippen molar-refractivity contribution in [2.75, 3.05) is 24.7 Å². The van der Waals surface area contributed by atoms with Gasteiger partial charge in [0.05, 0.1) is 0 Å². The molecular weight excluding hydrogens is 266 g/mol. The number of aromatic nitrogens is 3. The highest BCUT2D eigenvalue weighted by molar-refractivity contribution is 6.30. The summed E-state index contributed by atoms with van der Waals surface area (Å²) >= 11 is 5.79. The van der Waals surface area contributed by atoms with Crippen LogP contribution < -0.4 is 15.4 Å². The van der Waals surface area contributed by atoms with E-state index in [1.807, 2.05) is 14.1 Å². The van der Waals surface area contributed by atoms with E-state index in [-0.39, 0.29) is 12.6 Å². The van der Waals surface area contributed by atoms with Crippen molar-refractivity contribution < 1.29 is 4.74 Å². The van der Waals surface area contributed by atoms with Crippen LogP contribution in [0.1, 0.15) is 5.82 Å². The van der Waals surface area contributed by atoms with Crippen molar-refractivity contribution in [2.45, 2.75) is 6.61 Å². The van der Waals surface area contributed by atoms with Gasteiger partial charge in [-0.25, -0.2) is 0 Å². The average molecular weight is 280 g/mol. The molecule has 0 saturated heterocycles. The monoisotopic (exact) mass is 279 g/mol. The first kappa shape index (κ1) is 13.4. The summed E-state index contributed by atoms with van der Waals surface area (Å²) < 4.78 is 5.55. The molecule has 0 spiro atoms. The molecule has 0 saturated carbocycles. The molecular formula is C12H14ClN5O. The van der Waals surface area contributed by atoms with E-state index >= 15 is 0 Å². The molecule has 0 bridgehead atoms. The number of halogens is 1. The molecule has 1 aromatic carbocycles. The highest BCUT2D eigenvalue weighted by Gasteiger charge is 2.06. The summed E-state index contributed by atoms with van der Waals surface area (Å²) in [6.07, 6.45) is 0. The Morgan fingerprint density at radius 2 is 1.84 bits per heavy atom. The molecule has 1 heterocycles. The van der Waals surface area contributed by atoms with Crippen molar-refractivity contribution in [1.82, 2.24) is 15.0 Å². The summed E-state index contributed by atoms with van der Waals surface area (Å²) in [5, 5.41) is 0.659. The third-order valence-electron chi connectivity index (χ3n) is 2.27. The zero-order chi connectivity index (χ0) is 13.8. The first-order valence-electron chi connectivity index (χ1n) is 5.61. The first-order chi connectivity index (χ1) is 9.04. The lowest BCUT2D eigenvalue weighted by molar-refractivity contribution is 0.295. The van der Waals surface area contributed by atoms with E-state index in [0.717, 1.165) is 0 Å². The maximum absolute atomic E-state index is 5.79. The predicted molar refractivity (Wildman–Crippen MR) is 74.4 cm³/mol. The molecule has 0 amide bonds. The number of hydrogen-bond acceptors (Lipinski definition) is 6. The van der Waals surface area contributed by atoms with Crippen LogP contribution >= 0.6 is 11.6 Å². The minimum atomic E-state index is 0.174. The first-order valence-corrected chi connectivity index (χ1v) is 5.98. The van der Waals surface area contributed by atoms with Gasteiger partial charge in [-0.15, -0.1) is 0 Å².